The first-order chi connectivity index (χ1) is 9.11. The molecular formula is C17H25NO. The van der Waals surface area contributed by atoms with E-state index >= 15 is 0 Å². The highest BCUT2D eigenvalue weighted by Crippen LogP contribution is 2.14. The van der Waals surface area contributed by atoms with Gasteiger partial charge >= 0.3 is 0 Å². The van der Waals surface area contributed by atoms with Crippen molar-refractivity contribution in [3.63, 3.8) is 0 Å². The monoisotopic (exact) mass is 259 g/mol. The lowest BCUT2D eigenvalue weighted by Crippen LogP contribution is -2.21. The normalized spacial score (nSPS) is 11.7. The fraction of sp³-hybridized carbons (Fsp3) is 0.412. The van der Waals surface area contributed by atoms with Gasteiger partial charge < -0.3 is 10.1 Å². The second kappa shape index (κ2) is 8.54. The van der Waals surface area contributed by atoms with Crippen molar-refractivity contribution in [3.05, 3.63) is 48.1 Å². The highest BCUT2D eigenvalue weighted by Gasteiger charge is 1.96. The smallest absolute Gasteiger partial charge is 0.119 e. The second-order valence-corrected chi connectivity index (χ2v) is 5.18. The SMILES string of the molecule is C=CCOc1ccc(C=C(C)CNCC(C)C)cc1. The highest BCUT2D eigenvalue weighted by molar-refractivity contribution is 5.53. The van der Waals surface area contributed by atoms with Gasteiger partial charge in [0.2, 0.25) is 0 Å². The minimum absolute atomic E-state index is 0.549. The third-order valence-corrected chi connectivity index (χ3v) is 2.62. The van der Waals surface area contributed by atoms with Gasteiger partial charge in [0.25, 0.3) is 0 Å². The van der Waals surface area contributed by atoms with Gasteiger partial charge in [-0.1, -0.05) is 50.3 Å². The molecule has 0 aliphatic rings. The van der Waals surface area contributed by atoms with Crippen LogP contribution in [0.1, 0.15) is 26.3 Å². The Morgan fingerprint density at radius 3 is 2.58 bits per heavy atom. The van der Waals surface area contributed by atoms with Crippen LogP contribution < -0.4 is 10.1 Å². The molecule has 1 N–H and O–H groups in total. The molecule has 0 heterocycles. The lowest BCUT2D eigenvalue weighted by molar-refractivity contribution is 0.363. The van der Waals surface area contributed by atoms with E-state index in [1.54, 1.807) is 6.08 Å². The van der Waals surface area contributed by atoms with Gasteiger partial charge in [0, 0.05) is 6.54 Å². The van der Waals surface area contributed by atoms with Crippen LogP contribution >= 0.6 is 0 Å². The van der Waals surface area contributed by atoms with Crippen LogP contribution in [0.15, 0.2) is 42.5 Å². The van der Waals surface area contributed by atoms with Crippen molar-refractivity contribution < 1.29 is 4.74 Å². The maximum Gasteiger partial charge on any atom is 0.119 e. The number of hydrogen-bond donors (Lipinski definition) is 1. The van der Waals surface area contributed by atoms with Gasteiger partial charge in [0.1, 0.15) is 12.4 Å². The fourth-order valence-corrected chi connectivity index (χ4v) is 1.71. The van der Waals surface area contributed by atoms with E-state index < -0.39 is 0 Å². The van der Waals surface area contributed by atoms with Gasteiger partial charge in [0.05, 0.1) is 0 Å². The zero-order chi connectivity index (χ0) is 14.1. The summed E-state index contributed by atoms with van der Waals surface area (Å²) < 4.78 is 5.46. The van der Waals surface area contributed by atoms with Crippen LogP contribution in [0.4, 0.5) is 0 Å². The summed E-state index contributed by atoms with van der Waals surface area (Å²) in [5.41, 5.74) is 2.54. The molecule has 19 heavy (non-hydrogen) atoms. The molecule has 0 aliphatic heterocycles. The summed E-state index contributed by atoms with van der Waals surface area (Å²) in [6, 6.07) is 8.13. The van der Waals surface area contributed by atoms with Gasteiger partial charge in [-0.25, -0.2) is 0 Å². The number of rotatable bonds is 8. The van der Waals surface area contributed by atoms with Crippen molar-refractivity contribution in [2.24, 2.45) is 5.92 Å². The largest absolute Gasteiger partial charge is 0.490 e. The maximum absolute atomic E-state index is 5.46. The Morgan fingerprint density at radius 1 is 1.32 bits per heavy atom. The molecule has 1 aromatic rings. The van der Waals surface area contributed by atoms with Crippen molar-refractivity contribution in [1.82, 2.24) is 5.32 Å². The van der Waals surface area contributed by atoms with Crippen LogP contribution in [0, 0.1) is 5.92 Å². The van der Waals surface area contributed by atoms with E-state index in [-0.39, 0.29) is 0 Å². The third-order valence-electron chi connectivity index (χ3n) is 2.62. The summed E-state index contributed by atoms with van der Waals surface area (Å²) in [6.07, 6.45) is 3.95. The average molecular weight is 259 g/mol. The van der Waals surface area contributed by atoms with Crippen molar-refractivity contribution in [2.75, 3.05) is 19.7 Å². The van der Waals surface area contributed by atoms with E-state index in [0.717, 1.165) is 18.8 Å². The summed E-state index contributed by atoms with van der Waals surface area (Å²) >= 11 is 0. The summed E-state index contributed by atoms with van der Waals surface area (Å²) in [6.45, 7) is 12.8. The van der Waals surface area contributed by atoms with Gasteiger partial charge in [-0.15, -0.1) is 0 Å². The standard InChI is InChI=1S/C17H25NO/c1-5-10-19-17-8-6-16(7-9-17)11-15(4)13-18-12-14(2)3/h5-9,11,14,18H,1,10,12-13H2,2-4H3. The van der Waals surface area contributed by atoms with E-state index in [2.05, 4.69) is 50.9 Å². The Bertz CT molecular complexity index is 404. The molecule has 0 bridgehead atoms. The molecule has 0 amide bonds. The molecule has 0 aliphatic carbocycles. The summed E-state index contributed by atoms with van der Waals surface area (Å²) in [4.78, 5) is 0. The van der Waals surface area contributed by atoms with Gasteiger partial charge in [-0.05, 0) is 37.1 Å². The van der Waals surface area contributed by atoms with Crippen molar-refractivity contribution in [2.45, 2.75) is 20.8 Å². The molecule has 0 saturated heterocycles. The van der Waals surface area contributed by atoms with Gasteiger partial charge in [-0.2, -0.15) is 0 Å². The summed E-state index contributed by atoms with van der Waals surface area (Å²) in [7, 11) is 0. The average Bonchev–Trinajstić information content (AvgIpc) is 2.37. The fourth-order valence-electron chi connectivity index (χ4n) is 1.71. The third kappa shape index (κ3) is 6.82. The van der Waals surface area contributed by atoms with E-state index in [1.165, 1.54) is 11.1 Å². The molecule has 1 aromatic carbocycles. The zero-order valence-corrected chi connectivity index (χ0v) is 12.3. The van der Waals surface area contributed by atoms with Crippen molar-refractivity contribution in [3.8, 4) is 5.75 Å². The Balaban J connectivity index is 2.48. The Morgan fingerprint density at radius 2 is 2.00 bits per heavy atom. The molecule has 2 heteroatoms. The molecule has 0 spiro atoms. The van der Waals surface area contributed by atoms with Crippen molar-refractivity contribution in [1.29, 1.82) is 0 Å². The first-order valence-electron chi connectivity index (χ1n) is 6.83. The zero-order valence-electron chi connectivity index (χ0n) is 12.3. The van der Waals surface area contributed by atoms with Gasteiger partial charge in [-0.3, -0.25) is 0 Å². The number of hydrogen-bond acceptors (Lipinski definition) is 2. The quantitative estimate of drug-likeness (QED) is 0.715. The lowest BCUT2D eigenvalue weighted by atomic mass is 10.1. The van der Waals surface area contributed by atoms with E-state index in [1.807, 2.05) is 12.1 Å². The van der Waals surface area contributed by atoms with Crippen LogP contribution in [-0.2, 0) is 0 Å². The molecule has 2 nitrogen and oxygen atoms in total. The lowest BCUT2D eigenvalue weighted by Gasteiger charge is -2.08. The maximum atomic E-state index is 5.46. The van der Waals surface area contributed by atoms with Crippen LogP contribution in [-0.4, -0.2) is 19.7 Å². The first kappa shape index (κ1) is 15.5. The molecule has 0 saturated carbocycles. The van der Waals surface area contributed by atoms with Crippen LogP contribution in [0.25, 0.3) is 6.08 Å². The predicted molar refractivity (Wildman–Crippen MR) is 83.5 cm³/mol. The van der Waals surface area contributed by atoms with E-state index in [9.17, 15) is 0 Å². The molecule has 0 radical (unpaired) electrons. The molecule has 0 unspecified atom stereocenters. The van der Waals surface area contributed by atoms with Crippen LogP contribution in [0.2, 0.25) is 0 Å². The van der Waals surface area contributed by atoms with Crippen molar-refractivity contribution >= 4 is 6.08 Å². The summed E-state index contributed by atoms with van der Waals surface area (Å²) in [5.74, 6) is 1.57. The van der Waals surface area contributed by atoms with Gasteiger partial charge in [0.15, 0.2) is 0 Å². The topological polar surface area (TPSA) is 21.3 Å². The Labute approximate surface area is 117 Å². The van der Waals surface area contributed by atoms with Crippen LogP contribution in [0.3, 0.4) is 0 Å². The highest BCUT2D eigenvalue weighted by atomic mass is 16.5. The van der Waals surface area contributed by atoms with Crippen LogP contribution in [0.5, 0.6) is 5.75 Å². The van der Waals surface area contributed by atoms with E-state index in [0.29, 0.717) is 12.5 Å². The molecule has 104 valence electrons. The first-order valence-corrected chi connectivity index (χ1v) is 6.83. The predicted octanol–water partition coefficient (Wildman–Crippen LogP) is 3.90. The number of nitrogens with one attached hydrogen (secondary N) is 1. The van der Waals surface area contributed by atoms with E-state index in [4.69, 9.17) is 4.74 Å². The molecular weight excluding hydrogens is 234 g/mol. The number of benzene rings is 1. The Kier molecular flexibility index (Phi) is 6.98. The molecule has 0 atom stereocenters. The molecule has 0 fully saturated rings. The molecule has 1 rings (SSSR count). The minimum Gasteiger partial charge on any atom is -0.490 e. The Hall–Kier alpha value is -1.54. The minimum atomic E-state index is 0.549. The summed E-state index contributed by atoms with van der Waals surface area (Å²) in [5, 5.41) is 3.44. The second-order valence-electron chi connectivity index (χ2n) is 5.18. The molecule has 0 aromatic heterocycles. The number of ether oxygens (including phenoxy) is 1.